The van der Waals surface area contributed by atoms with E-state index >= 15 is 0 Å². The Kier molecular flexibility index (Phi) is 6.67. The topological polar surface area (TPSA) is 106 Å². The molecule has 3 aromatic rings. The lowest BCUT2D eigenvalue weighted by molar-refractivity contribution is -0.384. The van der Waals surface area contributed by atoms with Crippen molar-refractivity contribution in [2.75, 3.05) is 18.0 Å². The second-order valence-electron chi connectivity index (χ2n) is 8.40. The largest absolute Gasteiger partial charge is 0.419 e. The molecular weight excluding hydrogens is 422 g/mol. The lowest BCUT2D eigenvalue weighted by atomic mass is 10.1. The summed E-state index contributed by atoms with van der Waals surface area (Å²) in [6.45, 7) is 5.43. The molecule has 0 saturated carbocycles. The van der Waals surface area contributed by atoms with Crippen molar-refractivity contribution in [2.45, 2.75) is 45.7 Å². The molecule has 0 N–H and O–H groups in total. The van der Waals surface area contributed by atoms with E-state index in [1.54, 1.807) is 17.0 Å². The summed E-state index contributed by atoms with van der Waals surface area (Å²) in [5, 5.41) is 20.0. The Hall–Kier alpha value is -3.75. The summed E-state index contributed by atoms with van der Waals surface area (Å²) >= 11 is 0. The number of piperidine rings is 1. The van der Waals surface area contributed by atoms with Crippen molar-refractivity contribution in [1.82, 2.24) is 15.1 Å². The Bertz CT molecular complexity index is 1120. The van der Waals surface area contributed by atoms with Crippen LogP contribution in [0.1, 0.15) is 49.4 Å². The lowest BCUT2D eigenvalue weighted by Gasteiger charge is -2.29. The van der Waals surface area contributed by atoms with Crippen LogP contribution < -0.4 is 4.90 Å². The molecule has 9 nitrogen and oxygen atoms in total. The molecule has 1 saturated heterocycles. The third kappa shape index (κ3) is 5.02. The summed E-state index contributed by atoms with van der Waals surface area (Å²) in [5.41, 5.74) is 1.58. The highest BCUT2D eigenvalue weighted by Gasteiger charge is 2.27. The molecule has 1 fully saturated rings. The average Bonchev–Trinajstić information content (AvgIpc) is 3.31. The predicted molar refractivity (Wildman–Crippen MR) is 124 cm³/mol. The van der Waals surface area contributed by atoms with Crippen molar-refractivity contribution in [1.29, 1.82) is 0 Å². The Labute approximate surface area is 192 Å². The smallest absolute Gasteiger partial charge is 0.293 e. The highest BCUT2D eigenvalue weighted by atomic mass is 16.6. The van der Waals surface area contributed by atoms with E-state index in [0.717, 1.165) is 37.9 Å². The molecule has 0 bridgehead atoms. The number of amides is 1. The first-order valence-electron chi connectivity index (χ1n) is 11.2. The molecule has 1 aliphatic rings. The monoisotopic (exact) mass is 449 g/mol. The fraction of sp³-hybridized carbons (Fsp3) is 0.375. The first-order valence-corrected chi connectivity index (χ1v) is 11.2. The van der Waals surface area contributed by atoms with Gasteiger partial charge in [0.2, 0.25) is 11.8 Å². The van der Waals surface area contributed by atoms with Crippen molar-refractivity contribution in [3.05, 3.63) is 70.1 Å². The molecule has 0 unspecified atom stereocenters. The Morgan fingerprint density at radius 1 is 1.12 bits per heavy atom. The Morgan fingerprint density at radius 3 is 2.52 bits per heavy atom. The standard InChI is InChI=1S/C24H27N5O4/c1-17(2)28(16-22-25-26-23(33-22)18-9-5-3-6-10-18)24(30)19-11-12-20(21(15-19)29(31)32)27-13-7-4-8-14-27/h3,5-6,9-12,15,17H,4,7-8,13-14,16H2,1-2H3. The van der Waals surface area contributed by atoms with Crippen LogP contribution in [0.5, 0.6) is 0 Å². The van der Waals surface area contributed by atoms with E-state index in [9.17, 15) is 14.9 Å². The van der Waals surface area contributed by atoms with Gasteiger partial charge in [0, 0.05) is 36.3 Å². The molecule has 172 valence electrons. The van der Waals surface area contributed by atoms with Gasteiger partial charge in [0.15, 0.2) is 0 Å². The van der Waals surface area contributed by atoms with Gasteiger partial charge < -0.3 is 14.2 Å². The quantitative estimate of drug-likeness (QED) is 0.381. The maximum atomic E-state index is 13.3. The number of nitrogens with zero attached hydrogens (tertiary/aromatic N) is 5. The van der Waals surface area contributed by atoms with Crippen LogP contribution in [0.25, 0.3) is 11.5 Å². The van der Waals surface area contributed by atoms with Crippen molar-refractivity contribution in [3.63, 3.8) is 0 Å². The predicted octanol–water partition coefficient (Wildman–Crippen LogP) is 4.69. The molecule has 33 heavy (non-hydrogen) atoms. The number of carbonyl (C=O) groups is 1. The number of hydrogen-bond donors (Lipinski definition) is 0. The van der Waals surface area contributed by atoms with Gasteiger partial charge in [-0.3, -0.25) is 14.9 Å². The van der Waals surface area contributed by atoms with Crippen LogP contribution in [0.2, 0.25) is 0 Å². The summed E-state index contributed by atoms with van der Waals surface area (Å²) in [5.74, 6) is 0.358. The van der Waals surface area contributed by atoms with E-state index in [2.05, 4.69) is 10.2 Å². The first kappa shape index (κ1) is 22.4. The van der Waals surface area contributed by atoms with Crippen LogP contribution in [0, 0.1) is 10.1 Å². The number of nitro benzene ring substituents is 1. The van der Waals surface area contributed by atoms with Crippen LogP contribution >= 0.6 is 0 Å². The van der Waals surface area contributed by atoms with E-state index in [-0.39, 0.29) is 29.7 Å². The number of carbonyl (C=O) groups excluding carboxylic acids is 1. The molecular formula is C24H27N5O4. The van der Waals surface area contributed by atoms with Gasteiger partial charge in [0.05, 0.1) is 11.5 Å². The Balaban J connectivity index is 1.57. The number of benzene rings is 2. The summed E-state index contributed by atoms with van der Waals surface area (Å²) in [6.07, 6.45) is 3.15. The van der Waals surface area contributed by atoms with Gasteiger partial charge in [-0.25, -0.2) is 0 Å². The second kappa shape index (κ2) is 9.81. The molecule has 1 aliphatic heterocycles. The molecule has 0 aliphatic carbocycles. The molecule has 4 rings (SSSR count). The second-order valence-corrected chi connectivity index (χ2v) is 8.40. The maximum Gasteiger partial charge on any atom is 0.293 e. The molecule has 1 aromatic heterocycles. The molecule has 9 heteroatoms. The minimum absolute atomic E-state index is 0.0457. The molecule has 0 radical (unpaired) electrons. The lowest BCUT2D eigenvalue weighted by Crippen LogP contribution is -2.36. The maximum absolute atomic E-state index is 13.3. The normalized spacial score (nSPS) is 13.8. The SMILES string of the molecule is CC(C)N(Cc1nnc(-c2ccccc2)o1)C(=O)c1ccc(N2CCCCC2)c([N+](=O)[O-])c1. The van der Waals surface area contributed by atoms with E-state index in [1.165, 1.54) is 6.07 Å². The molecule has 0 spiro atoms. The minimum atomic E-state index is -0.412. The van der Waals surface area contributed by atoms with Crippen molar-refractivity contribution in [2.24, 2.45) is 0 Å². The average molecular weight is 450 g/mol. The zero-order chi connectivity index (χ0) is 23.4. The van der Waals surface area contributed by atoms with Crippen LogP contribution in [0.3, 0.4) is 0 Å². The zero-order valence-corrected chi connectivity index (χ0v) is 18.8. The number of aromatic nitrogens is 2. The first-order chi connectivity index (χ1) is 15.9. The van der Waals surface area contributed by atoms with Gasteiger partial charge in [-0.1, -0.05) is 18.2 Å². The highest BCUT2D eigenvalue weighted by molar-refractivity contribution is 5.96. The third-order valence-corrected chi connectivity index (χ3v) is 5.79. The Morgan fingerprint density at radius 2 is 1.85 bits per heavy atom. The highest BCUT2D eigenvalue weighted by Crippen LogP contribution is 2.32. The number of anilines is 1. The number of nitro groups is 1. The zero-order valence-electron chi connectivity index (χ0n) is 18.8. The van der Waals surface area contributed by atoms with Crippen LogP contribution in [-0.4, -0.2) is 45.1 Å². The van der Waals surface area contributed by atoms with Gasteiger partial charge in [-0.2, -0.15) is 0 Å². The van der Waals surface area contributed by atoms with Crippen molar-refractivity contribution in [3.8, 4) is 11.5 Å². The van der Waals surface area contributed by atoms with Crippen LogP contribution in [-0.2, 0) is 6.54 Å². The van der Waals surface area contributed by atoms with E-state index in [4.69, 9.17) is 4.42 Å². The molecule has 1 amide bonds. The van der Waals surface area contributed by atoms with Crippen molar-refractivity contribution < 1.29 is 14.1 Å². The van der Waals surface area contributed by atoms with Crippen molar-refractivity contribution >= 4 is 17.3 Å². The summed E-state index contributed by atoms with van der Waals surface area (Å²) in [7, 11) is 0. The summed E-state index contributed by atoms with van der Waals surface area (Å²) in [6, 6.07) is 13.9. The number of rotatable bonds is 7. The van der Waals surface area contributed by atoms with E-state index in [1.807, 2.05) is 49.1 Å². The van der Waals surface area contributed by atoms with Gasteiger partial charge >= 0.3 is 0 Å². The number of hydrogen-bond acceptors (Lipinski definition) is 7. The third-order valence-electron chi connectivity index (χ3n) is 5.79. The van der Waals surface area contributed by atoms with Gasteiger partial charge in [-0.15, -0.1) is 10.2 Å². The fourth-order valence-electron chi connectivity index (χ4n) is 4.02. The fourth-order valence-corrected chi connectivity index (χ4v) is 4.02. The van der Waals surface area contributed by atoms with Gasteiger partial charge in [0.1, 0.15) is 5.69 Å². The van der Waals surface area contributed by atoms with Crippen LogP contribution in [0.4, 0.5) is 11.4 Å². The van der Waals surface area contributed by atoms with Gasteiger partial charge in [0.25, 0.3) is 11.6 Å². The van der Waals surface area contributed by atoms with E-state index in [0.29, 0.717) is 17.5 Å². The molecule has 2 aromatic carbocycles. The van der Waals surface area contributed by atoms with Crippen LogP contribution in [0.15, 0.2) is 52.9 Å². The molecule has 0 atom stereocenters. The van der Waals surface area contributed by atoms with Gasteiger partial charge in [-0.05, 0) is 57.4 Å². The summed E-state index contributed by atoms with van der Waals surface area (Å²) < 4.78 is 5.77. The minimum Gasteiger partial charge on any atom is -0.419 e. The molecule has 2 heterocycles. The van der Waals surface area contributed by atoms with E-state index < -0.39 is 4.92 Å². The summed E-state index contributed by atoms with van der Waals surface area (Å²) in [4.78, 5) is 28.3.